The molecule has 3 aromatic rings. The quantitative estimate of drug-likeness (QED) is 0.555. The van der Waals surface area contributed by atoms with Crippen LogP contribution in [0.1, 0.15) is 0 Å². The van der Waals surface area contributed by atoms with Gasteiger partial charge in [0.05, 0.1) is 12.1 Å². The van der Waals surface area contributed by atoms with Gasteiger partial charge in [-0.15, -0.1) is 0 Å². The zero-order valence-corrected chi connectivity index (χ0v) is 11.5. The Morgan fingerprint density at radius 2 is 2.00 bits per heavy atom. The Labute approximate surface area is 122 Å². The molecule has 0 unspecified atom stereocenters. The summed E-state index contributed by atoms with van der Waals surface area (Å²) in [4.78, 5) is 8.70. The van der Waals surface area contributed by atoms with Crippen molar-refractivity contribution in [3.8, 4) is 5.75 Å². The van der Waals surface area contributed by atoms with Crippen LogP contribution in [0, 0.1) is 0 Å². The van der Waals surface area contributed by atoms with Crippen molar-refractivity contribution in [3.05, 3.63) is 54.7 Å². The first-order valence-electron chi connectivity index (χ1n) is 6.75. The van der Waals surface area contributed by atoms with Crippen LogP contribution >= 0.6 is 0 Å². The summed E-state index contributed by atoms with van der Waals surface area (Å²) in [5.74, 6) is 1.36. The number of nitrogens with one attached hydrogen (secondary N) is 1. The third kappa shape index (κ3) is 3.39. The number of nitrogen functional groups attached to an aromatic ring is 1. The molecule has 0 aliphatic rings. The van der Waals surface area contributed by atoms with Crippen molar-refractivity contribution in [2.75, 3.05) is 24.2 Å². The fraction of sp³-hybridized carbons (Fsp3) is 0.125. The summed E-state index contributed by atoms with van der Waals surface area (Å²) in [5.41, 5.74) is 7.31. The highest BCUT2D eigenvalue weighted by Crippen LogP contribution is 2.14. The number of ether oxygens (including phenoxy) is 1. The molecule has 0 amide bonds. The Kier molecular flexibility index (Phi) is 3.82. The van der Waals surface area contributed by atoms with Crippen LogP contribution in [0.4, 0.5) is 11.6 Å². The number of anilines is 2. The molecule has 3 rings (SSSR count). The molecular weight excluding hydrogens is 264 g/mol. The van der Waals surface area contributed by atoms with E-state index in [-0.39, 0.29) is 0 Å². The predicted molar refractivity (Wildman–Crippen MR) is 84.4 cm³/mol. The summed E-state index contributed by atoms with van der Waals surface area (Å²) in [7, 11) is 0. The van der Waals surface area contributed by atoms with Gasteiger partial charge in [0.15, 0.2) is 0 Å². The van der Waals surface area contributed by atoms with Crippen LogP contribution in [0.25, 0.3) is 10.9 Å². The zero-order valence-electron chi connectivity index (χ0n) is 11.5. The van der Waals surface area contributed by atoms with Crippen molar-refractivity contribution < 1.29 is 4.74 Å². The lowest BCUT2D eigenvalue weighted by Crippen LogP contribution is -2.13. The topological polar surface area (TPSA) is 73.1 Å². The van der Waals surface area contributed by atoms with Gasteiger partial charge in [-0.05, 0) is 18.2 Å². The van der Waals surface area contributed by atoms with Crippen LogP contribution in [0.15, 0.2) is 54.7 Å². The molecule has 3 N–H and O–H groups in total. The molecular formula is C16H16N4O. The van der Waals surface area contributed by atoms with Gasteiger partial charge >= 0.3 is 0 Å². The average Bonchev–Trinajstić information content (AvgIpc) is 2.51. The Hall–Kier alpha value is -2.82. The van der Waals surface area contributed by atoms with Gasteiger partial charge < -0.3 is 15.8 Å². The number of fused-ring (bicyclic) bond motifs is 1. The summed E-state index contributed by atoms with van der Waals surface area (Å²) in [6.07, 6.45) is 1.81. The van der Waals surface area contributed by atoms with Gasteiger partial charge in [-0.2, -0.15) is 0 Å². The van der Waals surface area contributed by atoms with E-state index in [2.05, 4.69) is 15.3 Å². The van der Waals surface area contributed by atoms with Gasteiger partial charge in [0, 0.05) is 23.3 Å². The SMILES string of the molecule is Nc1cccc(OCCNc2ncc3ccccc3n2)c1. The number of benzene rings is 2. The van der Waals surface area contributed by atoms with Gasteiger partial charge in [-0.25, -0.2) is 9.97 Å². The summed E-state index contributed by atoms with van der Waals surface area (Å²) < 4.78 is 5.60. The molecule has 0 spiro atoms. The third-order valence-corrected chi connectivity index (χ3v) is 3.00. The number of para-hydroxylation sites is 1. The lowest BCUT2D eigenvalue weighted by atomic mass is 10.2. The van der Waals surface area contributed by atoms with Crippen LogP contribution in [-0.2, 0) is 0 Å². The molecule has 2 aromatic carbocycles. The maximum Gasteiger partial charge on any atom is 0.223 e. The molecule has 0 saturated heterocycles. The zero-order chi connectivity index (χ0) is 14.5. The molecule has 1 heterocycles. The summed E-state index contributed by atoms with van der Waals surface area (Å²) >= 11 is 0. The van der Waals surface area contributed by atoms with Crippen molar-refractivity contribution in [1.82, 2.24) is 9.97 Å². The van der Waals surface area contributed by atoms with E-state index in [4.69, 9.17) is 10.5 Å². The molecule has 0 atom stereocenters. The number of hydrogen-bond donors (Lipinski definition) is 2. The second-order valence-electron chi connectivity index (χ2n) is 4.60. The highest BCUT2D eigenvalue weighted by Gasteiger charge is 1.99. The molecule has 0 saturated carbocycles. The first-order chi connectivity index (χ1) is 10.3. The fourth-order valence-corrected chi connectivity index (χ4v) is 1.99. The highest BCUT2D eigenvalue weighted by atomic mass is 16.5. The predicted octanol–water partition coefficient (Wildman–Crippen LogP) is 2.70. The minimum absolute atomic E-state index is 0.514. The van der Waals surface area contributed by atoms with Crippen LogP contribution in [-0.4, -0.2) is 23.1 Å². The smallest absolute Gasteiger partial charge is 0.223 e. The Bertz CT molecular complexity index is 745. The standard InChI is InChI=1S/C16H16N4O/c17-13-5-3-6-14(10-13)21-9-8-18-16-19-11-12-4-1-2-7-15(12)20-16/h1-7,10-11H,8-9,17H2,(H,18,19,20). The minimum atomic E-state index is 0.514. The van der Waals surface area contributed by atoms with Crippen molar-refractivity contribution in [3.63, 3.8) is 0 Å². The van der Waals surface area contributed by atoms with E-state index in [1.165, 1.54) is 0 Å². The van der Waals surface area contributed by atoms with E-state index >= 15 is 0 Å². The molecule has 0 aliphatic heterocycles. The Morgan fingerprint density at radius 3 is 2.90 bits per heavy atom. The first kappa shape index (κ1) is 13.2. The van der Waals surface area contributed by atoms with Crippen molar-refractivity contribution in [2.24, 2.45) is 0 Å². The molecule has 1 aromatic heterocycles. The second-order valence-corrected chi connectivity index (χ2v) is 4.60. The Balaban J connectivity index is 1.54. The maximum absolute atomic E-state index is 5.69. The fourth-order valence-electron chi connectivity index (χ4n) is 1.99. The van der Waals surface area contributed by atoms with E-state index < -0.39 is 0 Å². The minimum Gasteiger partial charge on any atom is -0.492 e. The molecule has 106 valence electrons. The lowest BCUT2D eigenvalue weighted by Gasteiger charge is -2.08. The third-order valence-electron chi connectivity index (χ3n) is 3.00. The van der Waals surface area contributed by atoms with Gasteiger partial charge in [0.1, 0.15) is 12.4 Å². The summed E-state index contributed by atoms with van der Waals surface area (Å²) in [6, 6.07) is 15.3. The summed E-state index contributed by atoms with van der Waals surface area (Å²) in [6.45, 7) is 1.13. The van der Waals surface area contributed by atoms with Crippen LogP contribution in [0.3, 0.4) is 0 Å². The van der Waals surface area contributed by atoms with Crippen molar-refractivity contribution in [1.29, 1.82) is 0 Å². The maximum atomic E-state index is 5.69. The van der Waals surface area contributed by atoms with Gasteiger partial charge in [-0.3, -0.25) is 0 Å². The number of hydrogen-bond acceptors (Lipinski definition) is 5. The van der Waals surface area contributed by atoms with E-state index in [0.29, 0.717) is 24.8 Å². The second kappa shape index (κ2) is 6.09. The van der Waals surface area contributed by atoms with E-state index in [1.807, 2.05) is 48.7 Å². The van der Waals surface area contributed by atoms with Crippen molar-refractivity contribution >= 4 is 22.5 Å². The highest BCUT2D eigenvalue weighted by molar-refractivity contribution is 5.78. The molecule has 21 heavy (non-hydrogen) atoms. The monoisotopic (exact) mass is 280 g/mol. The number of aromatic nitrogens is 2. The molecule has 5 nitrogen and oxygen atoms in total. The number of nitrogens with two attached hydrogens (primary N) is 1. The Morgan fingerprint density at radius 1 is 1.10 bits per heavy atom. The molecule has 0 bridgehead atoms. The van der Waals surface area contributed by atoms with Crippen LogP contribution < -0.4 is 15.8 Å². The number of nitrogens with zero attached hydrogens (tertiary/aromatic N) is 2. The van der Waals surface area contributed by atoms with Crippen molar-refractivity contribution in [2.45, 2.75) is 0 Å². The van der Waals surface area contributed by atoms with E-state index in [9.17, 15) is 0 Å². The van der Waals surface area contributed by atoms with Crippen LogP contribution in [0.5, 0.6) is 5.75 Å². The van der Waals surface area contributed by atoms with Gasteiger partial charge in [-0.1, -0.05) is 24.3 Å². The number of rotatable bonds is 5. The van der Waals surface area contributed by atoms with Gasteiger partial charge in [0.25, 0.3) is 0 Å². The summed E-state index contributed by atoms with van der Waals surface area (Å²) in [5, 5.41) is 4.17. The normalized spacial score (nSPS) is 10.5. The van der Waals surface area contributed by atoms with E-state index in [0.717, 1.165) is 16.7 Å². The van der Waals surface area contributed by atoms with Crippen LogP contribution in [0.2, 0.25) is 0 Å². The molecule has 0 fully saturated rings. The lowest BCUT2D eigenvalue weighted by molar-refractivity contribution is 0.333. The van der Waals surface area contributed by atoms with Gasteiger partial charge in [0.2, 0.25) is 5.95 Å². The molecule has 0 radical (unpaired) electrons. The first-order valence-corrected chi connectivity index (χ1v) is 6.75. The van der Waals surface area contributed by atoms with E-state index in [1.54, 1.807) is 6.07 Å². The average molecular weight is 280 g/mol. The molecule has 5 heteroatoms. The molecule has 0 aliphatic carbocycles. The largest absolute Gasteiger partial charge is 0.492 e.